The second-order valence-corrected chi connectivity index (χ2v) is 5.98. The SMILES string of the molecule is Cc1ccccc1OCc1nc2ccccc2c(=O)n1CCCCl. The van der Waals surface area contributed by atoms with Crippen LogP contribution < -0.4 is 10.3 Å². The third kappa shape index (κ3) is 3.44. The number of aryl methyl sites for hydroxylation is 1. The Bertz CT molecular complexity index is 905. The predicted octanol–water partition coefficient (Wildman–Crippen LogP) is 3.91. The van der Waals surface area contributed by atoms with Gasteiger partial charge in [-0.15, -0.1) is 11.6 Å². The smallest absolute Gasteiger partial charge is 0.261 e. The fourth-order valence-electron chi connectivity index (χ4n) is 2.63. The number of alkyl halides is 1. The standard InChI is InChI=1S/C19H19ClN2O2/c1-14-7-2-5-10-17(14)24-13-18-21-16-9-4-3-8-15(16)19(23)22(18)12-6-11-20/h2-5,7-10H,6,11-13H2,1H3. The molecule has 1 aromatic heterocycles. The van der Waals surface area contributed by atoms with E-state index in [1.165, 1.54) is 0 Å². The molecule has 24 heavy (non-hydrogen) atoms. The summed E-state index contributed by atoms with van der Waals surface area (Å²) in [7, 11) is 0. The highest BCUT2D eigenvalue weighted by atomic mass is 35.5. The Morgan fingerprint density at radius 2 is 1.88 bits per heavy atom. The van der Waals surface area contributed by atoms with E-state index in [0.29, 0.717) is 35.6 Å². The molecule has 0 atom stereocenters. The monoisotopic (exact) mass is 342 g/mol. The highest BCUT2D eigenvalue weighted by molar-refractivity contribution is 6.17. The molecule has 3 rings (SSSR count). The number of hydrogen-bond donors (Lipinski definition) is 0. The molecule has 1 heterocycles. The average molecular weight is 343 g/mol. The predicted molar refractivity (Wildman–Crippen MR) is 96.9 cm³/mol. The quantitative estimate of drug-likeness (QED) is 0.638. The summed E-state index contributed by atoms with van der Waals surface area (Å²) >= 11 is 5.80. The van der Waals surface area contributed by atoms with Crippen LogP contribution in [-0.4, -0.2) is 15.4 Å². The first-order chi connectivity index (χ1) is 11.7. The van der Waals surface area contributed by atoms with Crippen LogP contribution in [-0.2, 0) is 13.2 Å². The maximum absolute atomic E-state index is 12.8. The largest absolute Gasteiger partial charge is 0.485 e. The molecule has 0 saturated heterocycles. The van der Waals surface area contributed by atoms with E-state index in [1.54, 1.807) is 10.6 Å². The van der Waals surface area contributed by atoms with Gasteiger partial charge in [0.1, 0.15) is 18.2 Å². The van der Waals surface area contributed by atoms with Crippen molar-refractivity contribution in [3.63, 3.8) is 0 Å². The van der Waals surface area contributed by atoms with Crippen LogP contribution in [0, 0.1) is 6.92 Å². The van der Waals surface area contributed by atoms with Gasteiger partial charge in [0.2, 0.25) is 0 Å². The first-order valence-electron chi connectivity index (χ1n) is 7.93. The number of nitrogens with zero attached hydrogens (tertiary/aromatic N) is 2. The van der Waals surface area contributed by atoms with Crippen molar-refractivity contribution in [2.75, 3.05) is 5.88 Å². The Kier molecular flexibility index (Phi) is 5.16. The Balaban J connectivity index is 1.98. The minimum absolute atomic E-state index is 0.0471. The Hall–Kier alpha value is -2.33. The number of aromatic nitrogens is 2. The molecule has 124 valence electrons. The van der Waals surface area contributed by atoms with Gasteiger partial charge >= 0.3 is 0 Å². The molecule has 4 nitrogen and oxygen atoms in total. The highest BCUT2D eigenvalue weighted by Gasteiger charge is 2.11. The molecule has 0 aliphatic heterocycles. The summed E-state index contributed by atoms with van der Waals surface area (Å²) in [4.78, 5) is 17.4. The topological polar surface area (TPSA) is 44.1 Å². The zero-order valence-electron chi connectivity index (χ0n) is 13.5. The van der Waals surface area contributed by atoms with Crippen molar-refractivity contribution in [2.45, 2.75) is 26.5 Å². The van der Waals surface area contributed by atoms with Crippen molar-refractivity contribution in [1.29, 1.82) is 0 Å². The summed E-state index contributed by atoms with van der Waals surface area (Å²) in [6.45, 7) is 2.77. The molecule has 5 heteroatoms. The van der Waals surface area contributed by atoms with Gasteiger partial charge in [0.15, 0.2) is 0 Å². The Morgan fingerprint density at radius 3 is 2.67 bits per heavy atom. The maximum Gasteiger partial charge on any atom is 0.261 e. The lowest BCUT2D eigenvalue weighted by Gasteiger charge is -2.14. The average Bonchev–Trinajstić information content (AvgIpc) is 2.60. The van der Waals surface area contributed by atoms with E-state index in [2.05, 4.69) is 4.98 Å². The summed E-state index contributed by atoms with van der Waals surface area (Å²) in [6.07, 6.45) is 0.707. The van der Waals surface area contributed by atoms with Gasteiger partial charge in [-0.05, 0) is 37.1 Å². The van der Waals surface area contributed by atoms with E-state index in [-0.39, 0.29) is 12.2 Å². The van der Waals surface area contributed by atoms with Gasteiger partial charge in [-0.25, -0.2) is 4.98 Å². The van der Waals surface area contributed by atoms with E-state index < -0.39 is 0 Å². The summed E-state index contributed by atoms with van der Waals surface area (Å²) in [6, 6.07) is 15.2. The zero-order valence-corrected chi connectivity index (χ0v) is 14.3. The number of rotatable bonds is 6. The van der Waals surface area contributed by atoms with Crippen molar-refractivity contribution in [3.8, 4) is 5.75 Å². The molecule has 0 saturated carbocycles. The number of ether oxygens (including phenoxy) is 1. The molecule has 0 N–H and O–H groups in total. The van der Waals surface area contributed by atoms with E-state index >= 15 is 0 Å². The molecule has 0 spiro atoms. The van der Waals surface area contributed by atoms with Gasteiger partial charge in [0, 0.05) is 12.4 Å². The molecule has 2 aromatic carbocycles. The number of para-hydroxylation sites is 2. The summed E-state index contributed by atoms with van der Waals surface area (Å²) in [5, 5.41) is 0.617. The van der Waals surface area contributed by atoms with Crippen LogP contribution >= 0.6 is 11.6 Å². The Morgan fingerprint density at radius 1 is 1.12 bits per heavy atom. The molecular formula is C19H19ClN2O2. The summed E-state index contributed by atoms with van der Waals surface area (Å²) in [5.41, 5.74) is 1.69. The molecule has 0 aliphatic rings. The molecule has 0 radical (unpaired) electrons. The molecule has 0 fully saturated rings. The molecule has 0 bridgehead atoms. The Labute approximate surface area is 145 Å². The number of halogens is 1. The van der Waals surface area contributed by atoms with E-state index in [4.69, 9.17) is 16.3 Å². The van der Waals surface area contributed by atoms with Gasteiger partial charge in [-0.2, -0.15) is 0 Å². The van der Waals surface area contributed by atoms with Crippen molar-refractivity contribution < 1.29 is 4.74 Å². The second kappa shape index (κ2) is 7.49. The molecule has 0 aliphatic carbocycles. The van der Waals surface area contributed by atoms with Crippen LogP contribution in [0.15, 0.2) is 53.3 Å². The van der Waals surface area contributed by atoms with Crippen molar-refractivity contribution in [3.05, 3.63) is 70.3 Å². The van der Waals surface area contributed by atoms with Crippen LogP contribution in [0.4, 0.5) is 0 Å². The second-order valence-electron chi connectivity index (χ2n) is 5.60. The van der Waals surface area contributed by atoms with Crippen LogP contribution in [0.3, 0.4) is 0 Å². The van der Waals surface area contributed by atoms with E-state index in [1.807, 2.05) is 49.4 Å². The normalized spacial score (nSPS) is 10.9. The van der Waals surface area contributed by atoms with Gasteiger partial charge in [-0.3, -0.25) is 9.36 Å². The van der Waals surface area contributed by atoms with Gasteiger partial charge in [-0.1, -0.05) is 30.3 Å². The molecule has 0 amide bonds. The third-order valence-electron chi connectivity index (χ3n) is 3.91. The first-order valence-corrected chi connectivity index (χ1v) is 8.47. The molecular weight excluding hydrogens is 324 g/mol. The van der Waals surface area contributed by atoms with E-state index in [9.17, 15) is 4.79 Å². The third-order valence-corrected chi connectivity index (χ3v) is 4.17. The van der Waals surface area contributed by atoms with Crippen LogP contribution in [0.2, 0.25) is 0 Å². The van der Waals surface area contributed by atoms with Crippen LogP contribution in [0.25, 0.3) is 10.9 Å². The zero-order chi connectivity index (χ0) is 16.9. The van der Waals surface area contributed by atoms with Gasteiger partial charge in [0.25, 0.3) is 5.56 Å². The molecule has 3 aromatic rings. The fourth-order valence-corrected chi connectivity index (χ4v) is 2.75. The number of hydrogen-bond acceptors (Lipinski definition) is 3. The van der Waals surface area contributed by atoms with Crippen LogP contribution in [0.1, 0.15) is 17.8 Å². The number of benzene rings is 2. The summed E-state index contributed by atoms with van der Waals surface area (Å²) in [5.74, 6) is 1.91. The van der Waals surface area contributed by atoms with Crippen LogP contribution in [0.5, 0.6) is 5.75 Å². The van der Waals surface area contributed by atoms with Gasteiger partial charge in [0.05, 0.1) is 10.9 Å². The molecule has 0 unspecified atom stereocenters. The first kappa shape index (κ1) is 16.5. The minimum Gasteiger partial charge on any atom is -0.485 e. The lowest BCUT2D eigenvalue weighted by molar-refractivity contribution is 0.284. The van der Waals surface area contributed by atoms with E-state index in [0.717, 1.165) is 11.3 Å². The van der Waals surface area contributed by atoms with Crippen molar-refractivity contribution >= 4 is 22.5 Å². The highest BCUT2D eigenvalue weighted by Crippen LogP contribution is 2.18. The lowest BCUT2D eigenvalue weighted by Crippen LogP contribution is -2.26. The van der Waals surface area contributed by atoms with Crippen molar-refractivity contribution in [1.82, 2.24) is 9.55 Å². The number of fused-ring (bicyclic) bond motifs is 1. The maximum atomic E-state index is 12.8. The van der Waals surface area contributed by atoms with Crippen molar-refractivity contribution in [2.24, 2.45) is 0 Å². The lowest BCUT2D eigenvalue weighted by atomic mass is 10.2. The fraction of sp³-hybridized carbons (Fsp3) is 0.263. The minimum atomic E-state index is -0.0471. The summed E-state index contributed by atoms with van der Waals surface area (Å²) < 4.78 is 7.56. The van der Waals surface area contributed by atoms with Gasteiger partial charge < -0.3 is 4.74 Å².